The highest BCUT2D eigenvalue weighted by Crippen LogP contribution is 3.02. The first-order valence-electron chi connectivity index (χ1n) is 10.8. The summed E-state index contributed by atoms with van der Waals surface area (Å²) >= 11 is 5.31. The quantitative estimate of drug-likeness (QED) is 0.309. The van der Waals surface area contributed by atoms with Crippen LogP contribution in [0.25, 0.3) is 0 Å². The molecule has 2 amide bonds. The molecule has 37 heavy (non-hydrogen) atoms. The first-order chi connectivity index (χ1) is 16.9. The number of aromatic nitrogens is 2. The molecule has 1 aromatic heterocycles. The van der Waals surface area contributed by atoms with E-state index in [9.17, 15) is 42.2 Å². The molecule has 2 fully saturated rings. The third-order valence-corrected chi connectivity index (χ3v) is 7.89. The molecule has 2 aliphatic carbocycles. The van der Waals surface area contributed by atoms with Gasteiger partial charge in [0, 0.05) is 42.0 Å². The number of nitrogens with zero attached hydrogens (tertiary/aromatic N) is 3. The lowest BCUT2D eigenvalue weighted by Crippen LogP contribution is -2.50. The van der Waals surface area contributed by atoms with Gasteiger partial charge < -0.3 is 5.32 Å². The average molecular weight is 579 g/mol. The molecule has 2 bridgehead atoms. The molecule has 2 aliphatic rings. The molecule has 2 saturated carbocycles. The van der Waals surface area contributed by atoms with E-state index in [1.54, 1.807) is 0 Å². The fraction of sp³-hybridized carbons (Fsp3) is 0.429. The third-order valence-electron chi connectivity index (χ3n) is 6.54. The van der Waals surface area contributed by atoms with E-state index in [-0.39, 0.29) is 30.5 Å². The highest BCUT2D eigenvalue weighted by Gasteiger charge is 2.65. The van der Waals surface area contributed by atoms with E-state index in [0.717, 1.165) is 18.7 Å². The molecule has 6 nitrogen and oxygen atoms in total. The van der Waals surface area contributed by atoms with E-state index < -0.39 is 74.5 Å². The monoisotopic (exact) mass is 578 g/mol. The van der Waals surface area contributed by atoms with Gasteiger partial charge in [-0.05, 0) is 43.0 Å². The van der Waals surface area contributed by atoms with Crippen molar-refractivity contribution < 1.29 is 42.2 Å². The van der Waals surface area contributed by atoms with Gasteiger partial charge in [-0.25, -0.2) is 23.1 Å². The normalized spacial score (nSPS) is 26.0. The maximum Gasteiger partial charge on any atom is 0.310 e. The molecule has 0 saturated heterocycles. The summed E-state index contributed by atoms with van der Waals surface area (Å²) in [6, 6.07) is -1.62. The van der Waals surface area contributed by atoms with Crippen LogP contribution in [0.4, 0.5) is 38.3 Å². The summed E-state index contributed by atoms with van der Waals surface area (Å²) in [6.07, 6.45) is 2.83. The van der Waals surface area contributed by atoms with Gasteiger partial charge in [-0.2, -0.15) is 0 Å². The minimum absolute atomic E-state index is 0.00684. The van der Waals surface area contributed by atoms with Gasteiger partial charge in [0.05, 0.1) is 0 Å². The molecule has 0 radical (unpaired) electrons. The SMILES string of the molecule is O=C(N[C@@H]1CC2CC1CC2(F)F)[C@@H](c1cncnc1)N(C(=O)[C@H](F)Cl)c1ccc(S(F)(F)(F)(F)F)cc1. The summed E-state index contributed by atoms with van der Waals surface area (Å²) in [6.45, 7) is 0. The van der Waals surface area contributed by atoms with Crippen LogP contribution in [0.15, 0.2) is 47.9 Å². The van der Waals surface area contributed by atoms with Gasteiger partial charge >= 0.3 is 10.2 Å². The maximum atomic E-state index is 14.0. The van der Waals surface area contributed by atoms with Gasteiger partial charge in [0.2, 0.25) is 5.91 Å². The Hall–Kier alpha value is -2.68. The number of anilines is 1. The van der Waals surface area contributed by atoms with Crippen molar-refractivity contribution in [3.8, 4) is 0 Å². The molecular formula is C21H19ClF8N4O2S. The third kappa shape index (κ3) is 5.61. The lowest BCUT2D eigenvalue weighted by Gasteiger charge is -2.40. The second kappa shape index (κ2) is 8.41. The van der Waals surface area contributed by atoms with Gasteiger partial charge in [-0.3, -0.25) is 14.5 Å². The fourth-order valence-electron chi connectivity index (χ4n) is 4.89. The Morgan fingerprint density at radius 2 is 1.65 bits per heavy atom. The maximum absolute atomic E-state index is 14.0. The standard InChI is InChI=1S/C21H19ClF8N4O2S/c22-18(23)20(36)34(14-1-3-15(4-2-14)37(26,27,28,29)30)17(12-8-31-10-32-9-12)19(35)33-16-6-13-5-11(16)7-21(13,24)25/h1-4,8-11,13,16-18H,5-7H2,(H,33,35)/t11?,13?,16-,17-,18+/m1/s1. The van der Waals surface area contributed by atoms with Crippen LogP contribution in [0.1, 0.15) is 30.9 Å². The van der Waals surface area contributed by atoms with E-state index >= 15 is 0 Å². The molecule has 0 aliphatic heterocycles. The molecule has 16 heteroatoms. The van der Waals surface area contributed by atoms with E-state index in [4.69, 9.17) is 11.6 Å². The number of carbonyl (C=O) groups is 2. The van der Waals surface area contributed by atoms with Gasteiger partial charge in [0.1, 0.15) is 17.3 Å². The van der Waals surface area contributed by atoms with Crippen molar-refractivity contribution in [1.82, 2.24) is 15.3 Å². The zero-order chi connectivity index (χ0) is 27.5. The molecule has 1 aromatic carbocycles. The zero-order valence-corrected chi connectivity index (χ0v) is 20.1. The van der Waals surface area contributed by atoms with Crippen LogP contribution in [-0.4, -0.2) is 39.4 Å². The van der Waals surface area contributed by atoms with Gasteiger partial charge in [-0.15, -0.1) is 0 Å². The Morgan fingerprint density at radius 3 is 2.11 bits per heavy atom. The predicted molar refractivity (Wildman–Crippen MR) is 119 cm³/mol. The molecule has 2 unspecified atom stereocenters. The Morgan fingerprint density at radius 1 is 1.05 bits per heavy atom. The second-order valence-electron chi connectivity index (χ2n) is 9.05. The largest absolute Gasteiger partial charge is 0.351 e. The summed E-state index contributed by atoms with van der Waals surface area (Å²) in [5, 5.41) is 2.56. The molecule has 5 atom stereocenters. The number of halogens is 9. The molecule has 2 aromatic rings. The first kappa shape index (κ1) is 27.4. The van der Waals surface area contributed by atoms with Crippen molar-refractivity contribution in [2.24, 2.45) is 11.8 Å². The number of amides is 2. The van der Waals surface area contributed by atoms with E-state index in [0.29, 0.717) is 17.0 Å². The van der Waals surface area contributed by atoms with Crippen LogP contribution >= 0.6 is 21.8 Å². The van der Waals surface area contributed by atoms with Crippen LogP contribution in [0, 0.1) is 11.8 Å². The average Bonchev–Trinajstić information content (AvgIpc) is 3.31. The van der Waals surface area contributed by atoms with Crippen molar-refractivity contribution in [2.75, 3.05) is 4.90 Å². The number of fused-ring (bicyclic) bond motifs is 2. The lowest BCUT2D eigenvalue weighted by molar-refractivity contribution is -0.128. The summed E-state index contributed by atoms with van der Waals surface area (Å²) in [7, 11) is -10.1. The van der Waals surface area contributed by atoms with E-state index in [1.807, 2.05) is 0 Å². The predicted octanol–water partition coefficient (Wildman–Crippen LogP) is 6.29. The summed E-state index contributed by atoms with van der Waals surface area (Å²) in [5.74, 6) is -7.01. The van der Waals surface area contributed by atoms with Crippen LogP contribution in [0.3, 0.4) is 0 Å². The van der Waals surface area contributed by atoms with Crippen molar-refractivity contribution in [2.45, 2.75) is 47.8 Å². The van der Waals surface area contributed by atoms with Crippen LogP contribution in [0.5, 0.6) is 0 Å². The highest BCUT2D eigenvalue weighted by atomic mass is 35.5. The van der Waals surface area contributed by atoms with Crippen molar-refractivity contribution in [3.05, 3.63) is 48.5 Å². The van der Waals surface area contributed by atoms with Crippen molar-refractivity contribution in [3.63, 3.8) is 0 Å². The summed E-state index contributed by atoms with van der Waals surface area (Å²) in [5.41, 5.74) is -3.48. The minimum Gasteiger partial charge on any atom is -0.351 e. The Bertz CT molecular complexity index is 1200. The van der Waals surface area contributed by atoms with Crippen molar-refractivity contribution in [1.29, 1.82) is 0 Å². The Kier molecular flexibility index (Phi) is 6.22. The van der Waals surface area contributed by atoms with Crippen LogP contribution < -0.4 is 10.2 Å². The van der Waals surface area contributed by atoms with Gasteiger partial charge in [0.25, 0.3) is 17.5 Å². The number of benzene rings is 1. The number of alkyl halides is 4. The van der Waals surface area contributed by atoms with Crippen molar-refractivity contribution >= 4 is 39.3 Å². The van der Waals surface area contributed by atoms with Gasteiger partial charge in [0.15, 0.2) is 0 Å². The molecule has 0 spiro atoms. The van der Waals surface area contributed by atoms with E-state index in [1.165, 1.54) is 0 Å². The molecule has 1 heterocycles. The Balaban J connectivity index is 1.73. The van der Waals surface area contributed by atoms with Gasteiger partial charge in [-0.1, -0.05) is 31.0 Å². The molecular weight excluding hydrogens is 560 g/mol. The number of hydrogen-bond donors (Lipinski definition) is 1. The number of carbonyl (C=O) groups excluding carboxylic acids is 2. The first-order valence-corrected chi connectivity index (χ1v) is 13.1. The van der Waals surface area contributed by atoms with Crippen LogP contribution in [0.2, 0.25) is 0 Å². The number of hydrogen-bond acceptors (Lipinski definition) is 4. The lowest BCUT2D eigenvalue weighted by atomic mass is 9.92. The topological polar surface area (TPSA) is 75.2 Å². The number of nitrogens with one attached hydrogen (secondary N) is 1. The molecule has 4 rings (SSSR count). The highest BCUT2D eigenvalue weighted by molar-refractivity contribution is 8.45. The smallest absolute Gasteiger partial charge is 0.310 e. The number of rotatable bonds is 7. The van der Waals surface area contributed by atoms with Crippen LogP contribution in [-0.2, 0) is 9.59 Å². The molecule has 204 valence electrons. The zero-order valence-electron chi connectivity index (χ0n) is 18.5. The van der Waals surface area contributed by atoms with E-state index in [2.05, 4.69) is 15.3 Å². The molecule has 1 N–H and O–H groups in total. The minimum atomic E-state index is -10.1. The fourth-order valence-corrected chi connectivity index (χ4v) is 5.65. The Labute approximate surface area is 210 Å². The second-order valence-corrected chi connectivity index (χ2v) is 11.8. The summed E-state index contributed by atoms with van der Waals surface area (Å²) in [4.78, 5) is 31.7. The summed E-state index contributed by atoms with van der Waals surface area (Å²) < 4.78 is 108.